The summed E-state index contributed by atoms with van der Waals surface area (Å²) in [5.41, 5.74) is 1.66. The van der Waals surface area contributed by atoms with Crippen LogP contribution in [-0.4, -0.2) is 18.5 Å². The molecule has 1 heterocycles. The first kappa shape index (κ1) is 19.2. The van der Waals surface area contributed by atoms with Gasteiger partial charge in [0.1, 0.15) is 18.2 Å². The number of hydrogen-bond donors (Lipinski definition) is 2. The Morgan fingerprint density at radius 2 is 2.08 bits per heavy atom. The van der Waals surface area contributed by atoms with Crippen LogP contribution >= 0.6 is 12.4 Å². The summed E-state index contributed by atoms with van der Waals surface area (Å²) < 4.78 is 18.7. The van der Waals surface area contributed by atoms with Crippen molar-refractivity contribution in [3.05, 3.63) is 59.9 Å². The van der Waals surface area contributed by atoms with E-state index in [4.69, 9.17) is 4.74 Å². The molecule has 1 saturated heterocycles. The van der Waals surface area contributed by atoms with Crippen LogP contribution in [0.5, 0.6) is 5.75 Å². The van der Waals surface area contributed by atoms with E-state index in [1.165, 1.54) is 12.1 Å². The number of benzene rings is 2. The second-order valence-electron chi connectivity index (χ2n) is 5.99. The first-order chi connectivity index (χ1) is 11.7. The minimum absolute atomic E-state index is 0. The van der Waals surface area contributed by atoms with Gasteiger partial charge in [-0.15, -0.1) is 12.4 Å². The van der Waals surface area contributed by atoms with E-state index in [0.717, 1.165) is 30.6 Å². The molecule has 0 aromatic heterocycles. The lowest BCUT2D eigenvalue weighted by Gasteiger charge is -2.12. The molecule has 2 aromatic carbocycles. The Hall–Kier alpha value is -2.11. The second-order valence-corrected chi connectivity index (χ2v) is 5.99. The maximum atomic E-state index is 13.1. The molecule has 0 bridgehead atoms. The molecule has 2 N–H and O–H groups in total. The number of rotatable bonds is 6. The Kier molecular flexibility index (Phi) is 7.22. The Morgan fingerprint density at radius 1 is 1.24 bits per heavy atom. The topological polar surface area (TPSA) is 50.4 Å². The monoisotopic (exact) mass is 364 g/mol. The van der Waals surface area contributed by atoms with E-state index < -0.39 is 0 Å². The third kappa shape index (κ3) is 6.03. The number of nitrogens with one attached hydrogen (secondary N) is 2. The predicted octanol–water partition coefficient (Wildman–Crippen LogP) is 3.91. The van der Waals surface area contributed by atoms with Crippen molar-refractivity contribution < 1.29 is 13.9 Å². The van der Waals surface area contributed by atoms with Crippen LogP contribution in [0.1, 0.15) is 24.8 Å². The summed E-state index contributed by atoms with van der Waals surface area (Å²) >= 11 is 0. The van der Waals surface area contributed by atoms with Crippen LogP contribution in [0.2, 0.25) is 0 Å². The lowest BCUT2D eigenvalue weighted by Crippen LogP contribution is -2.27. The van der Waals surface area contributed by atoms with Gasteiger partial charge >= 0.3 is 0 Å². The minimum Gasteiger partial charge on any atom is -0.489 e. The zero-order valence-corrected chi connectivity index (χ0v) is 14.7. The summed E-state index contributed by atoms with van der Waals surface area (Å²) in [6.45, 7) is 1.31. The molecular formula is C19H22ClFN2O2. The fraction of sp³-hybridized carbons (Fsp3) is 0.316. The minimum atomic E-state index is -0.325. The number of carbonyl (C=O) groups is 1. The molecule has 0 radical (unpaired) electrons. The van der Waals surface area contributed by atoms with Crippen molar-refractivity contribution in [3.8, 4) is 5.75 Å². The summed E-state index contributed by atoms with van der Waals surface area (Å²) in [4.78, 5) is 12.1. The standard InChI is InChI=1S/C19H21FN2O2.ClH/c20-15-5-2-8-18(11-15)24-13-14-4-1-6-17(10-14)22-19(23)12-16-7-3-9-21-16;/h1-2,4-6,8,10-11,16,21H,3,7,9,12-13H2,(H,22,23);1H. The first-order valence-electron chi connectivity index (χ1n) is 8.19. The molecule has 0 spiro atoms. The van der Waals surface area contributed by atoms with Gasteiger partial charge in [-0.3, -0.25) is 4.79 Å². The van der Waals surface area contributed by atoms with E-state index in [1.807, 2.05) is 24.3 Å². The Morgan fingerprint density at radius 3 is 2.84 bits per heavy atom. The average Bonchev–Trinajstić information content (AvgIpc) is 3.06. The Balaban J connectivity index is 0.00000225. The van der Waals surface area contributed by atoms with Crippen LogP contribution in [-0.2, 0) is 11.4 Å². The van der Waals surface area contributed by atoms with E-state index in [2.05, 4.69) is 10.6 Å². The maximum absolute atomic E-state index is 13.1. The highest BCUT2D eigenvalue weighted by Crippen LogP contribution is 2.17. The van der Waals surface area contributed by atoms with Crippen molar-refractivity contribution >= 4 is 24.0 Å². The van der Waals surface area contributed by atoms with Gasteiger partial charge in [0.15, 0.2) is 0 Å². The summed E-state index contributed by atoms with van der Waals surface area (Å²) in [6.07, 6.45) is 2.67. The normalized spacial score (nSPS) is 16.1. The molecule has 2 aromatic rings. The van der Waals surface area contributed by atoms with Crippen molar-refractivity contribution in [1.82, 2.24) is 5.32 Å². The van der Waals surface area contributed by atoms with Gasteiger partial charge in [0.05, 0.1) is 0 Å². The number of hydrogen-bond acceptors (Lipinski definition) is 3. The van der Waals surface area contributed by atoms with Gasteiger partial charge in [-0.2, -0.15) is 0 Å². The van der Waals surface area contributed by atoms with Crippen molar-refractivity contribution in [2.75, 3.05) is 11.9 Å². The molecule has 0 aliphatic carbocycles. The number of ether oxygens (including phenoxy) is 1. The van der Waals surface area contributed by atoms with Crippen LogP contribution < -0.4 is 15.4 Å². The van der Waals surface area contributed by atoms with Crippen LogP contribution in [0.25, 0.3) is 0 Å². The molecule has 3 rings (SSSR count). The van der Waals surface area contributed by atoms with Gasteiger partial charge < -0.3 is 15.4 Å². The molecule has 1 aliphatic heterocycles. The highest BCUT2D eigenvalue weighted by Gasteiger charge is 2.17. The van der Waals surface area contributed by atoms with E-state index in [9.17, 15) is 9.18 Å². The third-order valence-electron chi connectivity index (χ3n) is 4.01. The summed E-state index contributed by atoms with van der Waals surface area (Å²) in [6, 6.07) is 13.8. The van der Waals surface area contributed by atoms with Crippen LogP contribution in [0.15, 0.2) is 48.5 Å². The number of halogens is 2. The smallest absolute Gasteiger partial charge is 0.225 e. The van der Waals surface area contributed by atoms with E-state index in [0.29, 0.717) is 18.8 Å². The van der Waals surface area contributed by atoms with Gasteiger partial charge in [0.25, 0.3) is 0 Å². The quantitative estimate of drug-likeness (QED) is 0.817. The van der Waals surface area contributed by atoms with Crippen LogP contribution in [0, 0.1) is 5.82 Å². The van der Waals surface area contributed by atoms with E-state index in [-0.39, 0.29) is 30.2 Å². The largest absolute Gasteiger partial charge is 0.489 e. The lowest BCUT2D eigenvalue weighted by molar-refractivity contribution is -0.116. The third-order valence-corrected chi connectivity index (χ3v) is 4.01. The van der Waals surface area contributed by atoms with Crippen molar-refractivity contribution in [1.29, 1.82) is 0 Å². The summed E-state index contributed by atoms with van der Waals surface area (Å²) in [5, 5.41) is 6.24. The molecule has 0 saturated carbocycles. The van der Waals surface area contributed by atoms with Gasteiger partial charge in [0.2, 0.25) is 5.91 Å². The lowest BCUT2D eigenvalue weighted by atomic mass is 10.1. The van der Waals surface area contributed by atoms with Gasteiger partial charge in [-0.1, -0.05) is 18.2 Å². The van der Waals surface area contributed by atoms with E-state index in [1.54, 1.807) is 12.1 Å². The van der Waals surface area contributed by atoms with Crippen LogP contribution in [0.3, 0.4) is 0 Å². The van der Waals surface area contributed by atoms with E-state index >= 15 is 0 Å². The van der Waals surface area contributed by atoms with Crippen molar-refractivity contribution in [2.45, 2.75) is 31.9 Å². The van der Waals surface area contributed by atoms with Gasteiger partial charge in [-0.05, 0) is 49.2 Å². The molecule has 4 nitrogen and oxygen atoms in total. The Labute approximate surface area is 153 Å². The van der Waals surface area contributed by atoms with Crippen LogP contribution in [0.4, 0.5) is 10.1 Å². The zero-order chi connectivity index (χ0) is 16.8. The van der Waals surface area contributed by atoms with Crippen molar-refractivity contribution in [2.24, 2.45) is 0 Å². The zero-order valence-electron chi connectivity index (χ0n) is 13.8. The predicted molar refractivity (Wildman–Crippen MR) is 98.7 cm³/mol. The molecule has 1 aliphatic rings. The maximum Gasteiger partial charge on any atom is 0.225 e. The summed E-state index contributed by atoms with van der Waals surface area (Å²) in [7, 11) is 0. The number of carbonyl (C=O) groups excluding carboxylic acids is 1. The highest BCUT2D eigenvalue weighted by atomic mass is 35.5. The second kappa shape index (κ2) is 9.39. The van der Waals surface area contributed by atoms with Gasteiger partial charge in [-0.25, -0.2) is 4.39 Å². The molecule has 1 amide bonds. The molecule has 6 heteroatoms. The first-order valence-corrected chi connectivity index (χ1v) is 8.19. The van der Waals surface area contributed by atoms with Crippen molar-refractivity contribution in [3.63, 3.8) is 0 Å². The average molecular weight is 365 g/mol. The molecular weight excluding hydrogens is 343 g/mol. The SMILES string of the molecule is Cl.O=C(CC1CCCN1)Nc1cccc(COc2cccc(F)c2)c1. The number of anilines is 1. The fourth-order valence-electron chi connectivity index (χ4n) is 2.83. The summed E-state index contributed by atoms with van der Waals surface area (Å²) in [5.74, 6) is 0.170. The highest BCUT2D eigenvalue weighted by molar-refractivity contribution is 5.91. The Bertz CT molecular complexity index is 705. The number of amides is 1. The fourth-order valence-corrected chi connectivity index (χ4v) is 2.83. The van der Waals surface area contributed by atoms with Gasteiger partial charge in [0, 0.05) is 24.2 Å². The molecule has 25 heavy (non-hydrogen) atoms. The molecule has 1 fully saturated rings. The molecule has 1 atom stereocenters. The molecule has 134 valence electrons. The molecule has 1 unspecified atom stereocenters.